The van der Waals surface area contributed by atoms with Crippen LogP contribution in [0.15, 0.2) is 52.9 Å². The molecular formula is C27H31N5O3. The quantitative estimate of drug-likeness (QED) is 0.578. The highest BCUT2D eigenvalue weighted by atomic mass is 16.4. The number of likely N-dealkylation sites (tertiary alicyclic amines) is 1. The number of benzene rings is 2. The summed E-state index contributed by atoms with van der Waals surface area (Å²) < 4.78 is 5.86. The first-order valence-corrected chi connectivity index (χ1v) is 12.3. The monoisotopic (exact) mass is 473 g/mol. The SMILES string of the molecule is Cc1cccc(-c2nnc(-c3ccc(C(=O)N4CCC(C(=O)N5CCN(C)CC5)CC4)cc3)o2)c1. The number of hydrogen-bond acceptors (Lipinski definition) is 6. The number of piperidine rings is 1. The lowest BCUT2D eigenvalue weighted by Gasteiger charge is -2.37. The van der Waals surface area contributed by atoms with E-state index in [0.29, 0.717) is 30.4 Å². The van der Waals surface area contributed by atoms with Crippen molar-refractivity contribution in [2.45, 2.75) is 19.8 Å². The third-order valence-corrected chi connectivity index (χ3v) is 7.02. The molecule has 0 unspecified atom stereocenters. The van der Waals surface area contributed by atoms with Gasteiger partial charge in [-0.3, -0.25) is 9.59 Å². The Morgan fingerprint density at radius 3 is 2.14 bits per heavy atom. The van der Waals surface area contributed by atoms with Crippen molar-refractivity contribution in [2.75, 3.05) is 46.3 Å². The predicted octanol–water partition coefficient (Wildman–Crippen LogP) is 3.34. The zero-order valence-electron chi connectivity index (χ0n) is 20.3. The van der Waals surface area contributed by atoms with Crippen LogP contribution >= 0.6 is 0 Å². The van der Waals surface area contributed by atoms with Crippen LogP contribution in [-0.2, 0) is 4.79 Å². The van der Waals surface area contributed by atoms with Crippen molar-refractivity contribution in [3.63, 3.8) is 0 Å². The molecule has 2 saturated heterocycles. The number of hydrogen-bond donors (Lipinski definition) is 0. The van der Waals surface area contributed by atoms with Gasteiger partial charge in [-0.1, -0.05) is 17.7 Å². The Kier molecular flexibility index (Phi) is 6.63. The fourth-order valence-corrected chi connectivity index (χ4v) is 4.79. The summed E-state index contributed by atoms with van der Waals surface area (Å²) in [5.74, 6) is 1.15. The summed E-state index contributed by atoms with van der Waals surface area (Å²) in [6, 6.07) is 15.2. The molecule has 1 aromatic heterocycles. The molecule has 8 nitrogen and oxygen atoms in total. The number of nitrogens with zero attached hydrogens (tertiary/aromatic N) is 5. The van der Waals surface area contributed by atoms with Gasteiger partial charge in [0.25, 0.3) is 5.91 Å². The zero-order valence-corrected chi connectivity index (χ0v) is 20.3. The highest BCUT2D eigenvalue weighted by molar-refractivity contribution is 5.94. The number of piperazine rings is 1. The number of carbonyl (C=O) groups excluding carboxylic acids is 2. The van der Waals surface area contributed by atoms with Crippen LogP contribution in [-0.4, -0.2) is 83.0 Å². The average Bonchev–Trinajstić information content (AvgIpc) is 3.39. The number of carbonyl (C=O) groups is 2. The van der Waals surface area contributed by atoms with Crippen molar-refractivity contribution in [2.24, 2.45) is 5.92 Å². The normalized spacial score (nSPS) is 17.5. The average molecular weight is 474 g/mol. The van der Waals surface area contributed by atoms with Gasteiger partial charge in [-0.25, -0.2) is 0 Å². The lowest BCUT2D eigenvalue weighted by atomic mass is 9.94. The van der Waals surface area contributed by atoms with Gasteiger partial charge in [-0.05, 0) is 63.2 Å². The first-order chi connectivity index (χ1) is 17.0. The van der Waals surface area contributed by atoms with E-state index < -0.39 is 0 Å². The number of aromatic nitrogens is 2. The van der Waals surface area contributed by atoms with Crippen LogP contribution < -0.4 is 0 Å². The standard InChI is InChI=1S/C27H31N5O3/c1-19-4-3-5-23(18-19)25-29-28-24(35-25)20-6-8-21(9-7-20)26(33)31-12-10-22(11-13-31)27(34)32-16-14-30(2)15-17-32/h3-9,18,22H,10-17H2,1-2H3. The van der Waals surface area contributed by atoms with Crippen molar-refractivity contribution in [3.05, 3.63) is 59.7 Å². The Morgan fingerprint density at radius 1 is 0.829 bits per heavy atom. The van der Waals surface area contributed by atoms with Crippen LogP contribution in [0.3, 0.4) is 0 Å². The van der Waals surface area contributed by atoms with Gasteiger partial charge in [0, 0.05) is 61.9 Å². The molecule has 0 N–H and O–H groups in total. The van der Waals surface area contributed by atoms with E-state index in [4.69, 9.17) is 4.42 Å². The van der Waals surface area contributed by atoms with E-state index in [1.807, 2.05) is 53.1 Å². The summed E-state index contributed by atoms with van der Waals surface area (Å²) >= 11 is 0. The largest absolute Gasteiger partial charge is 0.416 e. The van der Waals surface area contributed by atoms with E-state index in [0.717, 1.165) is 55.7 Å². The number of likely N-dealkylation sites (N-methyl/N-ethyl adjacent to an activating group) is 1. The Morgan fingerprint density at radius 2 is 1.49 bits per heavy atom. The molecule has 5 rings (SSSR count). The summed E-state index contributed by atoms with van der Waals surface area (Å²) in [5, 5.41) is 8.34. The van der Waals surface area contributed by atoms with E-state index >= 15 is 0 Å². The molecule has 2 fully saturated rings. The molecule has 0 bridgehead atoms. The van der Waals surface area contributed by atoms with Crippen LogP contribution in [0.4, 0.5) is 0 Å². The minimum absolute atomic E-state index is 0.00646. The molecular weight excluding hydrogens is 442 g/mol. The summed E-state index contributed by atoms with van der Waals surface area (Å²) in [5.41, 5.74) is 3.39. The molecule has 0 aliphatic carbocycles. The van der Waals surface area contributed by atoms with Gasteiger partial charge >= 0.3 is 0 Å². The van der Waals surface area contributed by atoms with Gasteiger partial charge in [0.05, 0.1) is 0 Å². The van der Waals surface area contributed by atoms with Crippen molar-refractivity contribution >= 4 is 11.8 Å². The summed E-state index contributed by atoms with van der Waals surface area (Å²) in [4.78, 5) is 32.0. The molecule has 0 spiro atoms. The fraction of sp³-hybridized carbons (Fsp3) is 0.407. The van der Waals surface area contributed by atoms with Crippen LogP contribution in [0.25, 0.3) is 22.9 Å². The van der Waals surface area contributed by atoms with Gasteiger partial charge in [-0.15, -0.1) is 10.2 Å². The van der Waals surface area contributed by atoms with Gasteiger partial charge in [0.15, 0.2) is 0 Å². The summed E-state index contributed by atoms with van der Waals surface area (Å²) in [6.07, 6.45) is 1.44. The van der Waals surface area contributed by atoms with Crippen molar-refractivity contribution < 1.29 is 14.0 Å². The zero-order chi connectivity index (χ0) is 24.4. The highest BCUT2D eigenvalue weighted by Gasteiger charge is 2.31. The third kappa shape index (κ3) is 5.12. The van der Waals surface area contributed by atoms with Crippen molar-refractivity contribution in [1.29, 1.82) is 0 Å². The van der Waals surface area contributed by atoms with Gasteiger partial charge < -0.3 is 19.1 Å². The molecule has 2 amide bonds. The maximum atomic E-state index is 13.1. The lowest BCUT2D eigenvalue weighted by Crippen LogP contribution is -2.51. The Hall–Kier alpha value is -3.52. The topological polar surface area (TPSA) is 82.8 Å². The Balaban J connectivity index is 1.18. The molecule has 8 heteroatoms. The first kappa shape index (κ1) is 23.2. The Bertz CT molecular complexity index is 1190. The maximum absolute atomic E-state index is 13.1. The van der Waals surface area contributed by atoms with Crippen LogP contribution in [0.1, 0.15) is 28.8 Å². The van der Waals surface area contributed by atoms with E-state index in [2.05, 4.69) is 22.1 Å². The Labute approximate surface area is 205 Å². The predicted molar refractivity (Wildman–Crippen MR) is 133 cm³/mol. The van der Waals surface area contributed by atoms with Crippen LogP contribution in [0.2, 0.25) is 0 Å². The number of amides is 2. The number of aryl methyl sites for hydroxylation is 1. The van der Waals surface area contributed by atoms with Crippen LogP contribution in [0, 0.1) is 12.8 Å². The molecule has 0 atom stereocenters. The second-order valence-electron chi connectivity index (χ2n) is 9.55. The second kappa shape index (κ2) is 10.00. The maximum Gasteiger partial charge on any atom is 0.253 e. The van der Waals surface area contributed by atoms with E-state index in [1.165, 1.54) is 0 Å². The summed E-state index contributed by atoms with van der Waals surface area (Å²) in [7, 11) is 2.09. The smallest absolute Gasteiger partial charge is 0.253 e. The molecule has 182 valence electrons. The van der Waals surface area contributed by atoms with Gasteiger partial charge in [0.1, 0.15) is 0 Å². The second-order valence-corrected chi connectivity index (χ2v) is 9.55. The fourth-order valence-electron chi connectivity index (χ4n) is 4.79. The number of rotatable bonds is 4. The van der Waals surface area contributed by atoms with E-state index in [-0.39, 0.29) is 17.7 Å². The minimum atomic E-state index is -0.00646. The molecule has 2 aliphatic heterocycles. The molecule has 2 aromatic carbocycles. The molecule has 2 aliphatic rings. The molecule has 0 radical (unpaired) electrons. The molecule has 0 saturated carbocycles. The molecule has 3 heterocycles. The minimum Gasteiger partial charge on any atom is -0.416 e. The highest BCUT2D eigenvalue weighted by Crippen LogP contribution is 2.26. The molecule has 35 heavy (non-hydrogen) atoms. The lowest BCUT2D eigenvalue weighted by molar-refractivity contribution is -0.138. The van der Waals surface area contributed by atoms with E-state index in [1.54, 1.807) is 12.1 Å². The van der Waals surface area contributed by atoms with Crippen molar-refractivity contribution in [3.8, 4) is 22.9 Å². The molecule has 3 aromatic rings. The first-order valence-electron chi connectivity index (χ1n) is 12.3. The third-order valence-electron chi connectivity index (χ3n) is 7.02. The van der Waals surface area contributed by atoms with Gasteiger partial charge in [-0.2, -0.15) is 0 Å². The van der Waals surface area contributed by atoms with Gasteiger partial charge in [0.2, 0.25) is 17.7 Å². The summed E-state index contributed by atoms with van der Waals surface area (Å²) in [6.45, 7) is 6.68. The van der Waals surface area contributed by atoms with E-state index in [9.17, 15) is 9.59 Å². The van der Waals surface area contributed by atoms with Crippen LogP contribution in [0.5, 0.6) is 0 Å². The van der Waals surface area contributed by atoms with Crippen molar-refractivity contribution in [1.82, 2.24) is 24.9 Å².